The molecule has 0 unspecified atom stereocenters. The molecule has 0 aliphatic carbocycles. The number of amides is 1. The van der Waals surface area contributed by atoms with Crippen molar-refractivity contribution in [2.75, 3.05) is 24.8 Å². The van der Waals surface area contributed by atoms with Crippen LogP contribution in [0.3, 0.4) is 0 Å². The van der Waals surface area contributed by atoms with E-state index < -0.39 is 23.0 Å². The van der Waals surface area contributed by atoms with Crippen molar-refractivity contribution >= 4 is 5.91 Å². The quantitative estimate of drug-likeness (QED) is 0.368. The Labute approximate surface area is 229 Å². The van der Waals surface area contributed by atoms with Gasteiger partial charge in [0.15, 0.2) is 23.1 Å². The first-order valence-electron chi connectivity index (χ1n) is 12.4. The zero-order chi connectivity index (χ0) is 27.9. The summed E-state index contributed by atoms with van der Waals surface area (Å²) in [4.78, 5) is 31.3. The van der Waals surface area contributed by atoms with E-state index in [1.807, 2.05) is 48.5 Å². The summed E-state index contributed by atoms with van der Waals surface area (Å²) >= 11 is 0. The molecule has 10 heteroatoms. The number of aromatic nitrogens is 2. The average molecular weight is 543 g/mol. The highest BCUT2D eigenvalue weighted by atomic mass is 19.2. The first-order valence-corrected chi connectivity index (χ1v) is 12.4. The Balaban J connectivity index is 0.000000477. The van der Waals surface area contributed by atoms with E-state index in [1.165, 1.54) is 21.8 Å². The lowest BCUT2D eigenvalue weighted by molar-refractivity contribution is 0.0707. The third kappa shape index (κ3) is 5.94. The van der Waals surface area contributed by atoms with Gasteiger partial charge in [-0.05, 0) is 23.8 Å². The van der Waals surface area contributed by atoms with Gasteiger partial charge in [0.2, 0.25) is 5.43 Å². The van der Waals surface area contributed by atoms with Gasteiger partial charge in [-0.25, -0.2) is 8.78 Å². The van der Waals surface area contributed by atoms with Gasteiger partial charge in [0, 0.05) is 36.3 Å². The fourth-order valence-electron chi connectivity index (χ4n) is 4.19. The number of halogens is 2. The van der Waals surface area contributed by atoms with Crippen LogP contribution in [0.1, 0.15) is 21.6 Å². The second-order valence-electron chi connectivity index (χ2n) is 8.83. The average Bonchev–Trinajstić information content (AvgIpc) is 3.01. The van der Waals surface area contributed by atoms with Crippen LogP contribution in [0.15, 0.2) is 90.1 Å². The molecule has 0 spiro atoms. The molecule has 8 nitrogen and oxygen atoms in total. The van der Waals surface area contributed by atoms with Crippen molar-refractivity contribution in [3.8, 4) is 23.3 Å². The lowest BCUT2D eigenvalue weighted by Crippen LogP contribution is -2.54. The minimum atomic E-state index is -1.03. The van der Waals surface area contributed by atoms with Crippen molar-refractivity contribution in [2.45, 2.75) is 13.2 Å². The van der Waals surface area contributed by atoms with Crippen LogP contribution in [-0.2, 0) is 13.2 Å². The minimum absolute atomic E-state index is 0.0424. The van der Waals surface area contributed by atoms with E-state index in [0.29, 0.717) is 5.56 Å². The maximum absolute atomic E-state index is 14.1. The molecule has 0 saturated carbocycles. The van der Waals surface area contributed by atoms with E-state index in [-0.39, 0.29) is 50.2 Å². The molecular weight excluding hydrogens is 518 g/mol. The summed E-state index contributed by atoms with van der Waals surface area (Å²) in [6.07, 6.45) is 4.97. The number of fused-ring (bicyclic) bond motifs is 5. The molecule has 0 radical (unpaired) electrons. The molecule has 202 valence electrons. The number of benzene rings is 2. The Morgan fingerprint density at radius 2 is 1.70 bits per heavy atom. The Hall–Kier alpha value is -5.17. The molecule has 40 heavy (non-hydrogen) atoms. The van der Waals surface area contributed by atoms with E-state index in [2.05, 4.69) is 16.8 Å². The lowest BCUT2D eigenvalue weighted by atomic mass is 10.1. The number of carbonyl (C=O) groups excluding carboxylic acids is 1. The highest BCUT2D eigenvalue weighted by Crippen LogP contribution is 2.27. The molecule has 0 saturated heterocycles. The van der Waals surface area contributed by atoms with Crippen LogP contribution in [0, 0.1) is 23.5 Å². The fourth-order valence-corrected chi connectivity index (χ4v) is 4.19. The number of nitrogens with zero attached hydrogens (tertiary/aromatic N) is 4. The number of hydrogen-bond donors (Lipinski definition) is 0. The standard InChI is InChI=1S/C25H19F2N3O4.C5H5N/c26-19-12-18-14-29-16-28(9-4-5-11-33-22(18)13-20(19)27)25(32)23-24(21(31)8-10-30(23)29)34-15-17-6-2-1-3-7-17;1-2-4-6-5-3-1/h1-3,6-8,10,12-13H,9,11,14-16H2;1-5H. The Bertz CT molecular complexity index is 1590. The van der Waals surface area contributed by atoms with Gasteiger partial charge < -0.3 is 14.4 Å². The van der Waals surface area contributed by atoms with Crippen molar-refractivity contribution in [1.82, 2.24) is 14.6 Å². The predicted octanol–water partition coefficient (Wildman–Crippen LogP) is 3.73. The summed E-state index contributed by atoms with van der Waals surface area (Å²) in [5, 5.41) is 1.71. The van der Waals surface area contributed by atoms with Gasteiger partial charge in [-0.3, -0.25) is 24.3 Å². The van der Waals surface area contributed by atoms with E-state index in [4.69, 9.17) is 9.47 Å². The third-order valence-corrected chi connectivity index (χ3v) is 6.11. The molecule has 4 heterocycles. The van der Waals surface area contributed by atoms with Crippen molar-refractivity contribution < 1.29 is 23.0 Å². The van der Waals surface area contributed by atoms with Crippen molar-refractivity contribution in [3.05, 3.63) is 124 Å². The molecule has 0 fully saturated rings. The number of hydrogen-bond acceptors (Lipinski definition) is 6. The second-order valence-corrected chi connectivity index (χ2v) is 8.83. The SMILES string of the molecule is O=C1c2c(OCc3ccccc3)c(=O)ccn2N2Cc3cc(F)c(F)cc3OCC#CCN1C2.c1ccncc1. The Kier molecular flexibility index (Phi) is 8.02. The molecule has 2 aromatic carbocycles. The first kappa shape index (κ1) is 26.4. The zero-order valence-electron chi connectivity index (χ0n) is 21.3. The minimum Gasteiger partial charge on any atom is -0.482 e. The monoisotopic (exact) mass is 542 g/mol. The first-order chi connectivity index (χ1) is 19.5. The van der Waals surface area contributed by atoms with Gasteiger partial charge in [0.25, 0.3) is 5.91 Å². The summed E-state index contributed by atoms with van der Waals surface area (Å²) < 4.78 is 40.8. The van der Waals surface area contributed by atoms with Gasteiger partial charge >= 0.3 is 0 Å². The van der Waals surface area contributed by atoms with E-state index in [0.717, 1.165) is 17.7 Å². The van der Waals surface area contributed by atoms with Gasteiger partial charge in [-0.15, -0.1) is 0 Å². The molecule has 2 aliphatic heterocycles. The Morgan fingerprint density at radius 1 is 0.950 bits per heavy atom. The maximum Gasteiger partial charge on any atom is 0.278 e. The molecule has 0 atom stereocenters. The van der Waals surface area contributed by atoms with Crippen LogP contribution in [0.2, 0.25) is 0 Å². The van der Waals surface area contributed by atoms with Gasteiger partial charge in [0.1, 0.15) is 25.6 Å². The van der Waals surface area contributed by atoms with Crippen LogP contribution in [-0.4, -0.2) is 40.3 Å². The third-order valence-electron chi connectivity index (χ3n) is 6.11. The highest BCUT2D eigenvalue weighted by Gasteiger charge is 2.33. The van der Waals surface area contributed by atoms with Crippen molar-refractivity contribution in [1.29, 1.82) is 0 Å². The van der Waals surface area contributed by atoms with Crippen LogP contribution in [0.5, 0.6) is 11.5 Å². The zero-order valence-corrected chi connectivity index (χ0v) is 21.3. The van der Waals surface area contributed by atoms with Gasteiger partial charge in [-0.2, -0.15) is 0 Å². The molecule has 2 bridgehead atoms. The summed E-state index contributed by atoms with van der Waals surface area (Å²) in [5.74, 6) is 3.24. The number of pyridine rings is 2. The van der Waals surface area contributed by atoms with Gasteiger partial charge in [0.05, 0.1) is 13.1 Å². The summed E-state index contributed by atoms with van der Waals surface area (Å²) in [6, 6.07) is 18.3. The van der Waals surface area contributed by atoms with Crippen LogP contribution in [0.4, 0.5) is 8.78 Å². The summed E-state index contributed by atoms with van der Waals surface area (Å²) in [6.45, 7) is 0.320. The van der Waals surface area contributed by atoms with E-state index in [1.54, 1.807) is 17.4 Å². The molecule has 2 aliphatic rings. The van der Waals surface area contributed by atoms with E-state index in [9.17, 15) is 18.4 Å². The smallest absolute Gasteiger partial charge is 0.278 e. The van der Waals surface area contributed by atoms with Crippen molar-refractivity contribution in [2.24, 2.45) is 0 Å². The topological polar surface area (TPSA) is 76.9 Å². The van der Waals surface area contributed by atoms with Gasteiger partial charge in [-0.1, -0.05) is 48.2 Å². The highest BCUT2D eigenvalue weighted by molar-refractivity contribution is 5.96. The fraction of sp³-hybridized carbons (Fsp3) is 0.167. The molecular formula is C30H24F2N4O4. The number of carbonyl (C=O) groups is 1. The molecule has 6 rings (SSSR count). The number of rotatable bonds is 3. The summed E-state index contributed by atoms with van der Waals surface area (Å²) in [7, 11) is 0. The maximum atomic E-state index is 14.1. The molecule has 1 amide bonds. The normalized spacial score (nSPS) is 13.7. The lowest BCUT2D eigenvalue weighted by Gasteiger charge is -2.39. The number of ether oxygens (including phenoxy) is 2. The largest absolute Gasteiger partial charge is 0.482 e. The second kappa shape index (κ2) is 12.1. The Morgan fingerprint density at radius 3 is 2.42 bits per heavy atom. The van der Waals surface area contributed by atoms with Crippen LogP contribution in [0.25, 0.3) is 0 Å². The molecule has 0 N–H and O–H groups in total. The van der Waals surface area contributed by atoms with Crippen LogP contribution >= 0.6 is 0 Å². The van der Waals surface area contributed by atoms with E-state index >= 15 is 0 Å². The molecule has 2 aromatic heterocycles. The summed E-state index contributed by atoms with van der Waals surface area (Å²) in [5.41, 5.74) is 0.806. The predicted molar refractivity (Wildman–Crippen MR) is 143 cm³/mol. The van der Waals surface area contributed by atoms with Crippen molar-refractivity contribution in [3.63, 3.8) is 0 Å². The molecule has 4 aromatic rings. The van der Waals surface area contributed by atoms with Crippen LogP contribution < -0.4 is 19.9 Å².